The molecule has 2 aliphatic heterocycles. The van der Waals surface area contributed by atoms with Gasteiger partial charge in [-0.05, 0) is 62.3 Å². The van der Waals surface area contributed by atoms with Gasteiger partial charge in [0.25, 0.3) is 0 Å². The summed E-state index contributed by atoms with van der Waals surface area (Å²) in [5.41, 5.74) is 4.28. The highest BCUT2D eigenvalue weighted by atomic mass is 15.2. The normalized spacial score (nSPS) is 27.6. The molecule has 1 fully saturated rings. The van der Waals surface area contributed by atoms with E-state index in [0.29, 0.717) is 6.04 Å². The van der Waals surface area contributed by atoms with Crippen LogP contribution in [0.3, 0.4) is 0 Å². The molecule has 2 unspecified atom stereocenters. The highest BCUT2D eigenvalue weighted by Gasteiger charge is 2.23. The smallest absolute Gasteiger partial charge is 0.0374 e. The van der Waals surface area contributed by atoms with E-state index < -0.39 is 0 Å². The Kier molecular flexibility index (Phi) is 3.19. The number of nitrogens with zero attached hydrogens (tertiary/aromatic N) is 1. The summed E-state index contributed by atoms with van der Waals surface area (Å²) in [6.07, 6.45) is 5.21. The Hall–Kier alpha value is -1.18. The van der Waals surface area contributed by atoms with Crippen LogP contribution in [0, 0.1) is 5.92 Å². The van der Waals surface area contributed by atoms with Gasteiger partial charge in [-0.2, -0.15) is 0 Å². The van der Waals surface area contributed by atoms with E-state index in [0.717, 1.165) is 12.5 Å². The molecule has 0 aliphatic carbocycles. The predicted octanol–water partition coefficient (Wildman–Crippen LogP) is 3.67. The van der Waals surface area contributed by atoms with Crippen molar-refractivity contribution in [3.63, 3.8) is 0 Å². The Bertz CT molecular complexity index is 427. The molecule has 0 saturated carbocycles. The molecule has 1 saturated heterocycles. The van der Waals surface area contributed by atoms with Crippen LogP contribution >= 0.6 is 0 Å². The van der Waals surface area contributed by atoms with Gasteiger partial charge < -0.3 is 10.2 Å². The summed E-state index contributed by atoms with van der Waals surface area (Å²) >= 11 is 0. The molecule has 0 amide bonds. The number of hydrogen-bond donors (Lipinski definition) is 1. The van der Waals surface area contributed by atoms with E-state index in [2.05, 4.69) is 42.3 Å². The summed E-state index contributed by atoms with van der Waals surface area (Å²) in [5, 5.41) is 3.49. The van der Waals surface area contributed by atoms with Crippen LogP contribution in [-0.2, 0) is 6.42 Å². The monoisotopic (exact) mass is 244 g/mol. The zero-order valence-corrected chi connectivity index (χ0v) is 11.6. The lowest BCUT2D eigenvalue weighted by atomic mass is 9.93. The molecule has 2 heteroatoms. The SMILES string of the molecule is CC1CCC(C)N(c2ccc3c(c2)CCCN3)C1. The molecule has 2 aliphatic rings. The van der Waals surface area contributed by atoms with Crippen LogP contribution in [0.4, 0.5) is 11.4 Å². The minimum Gasteiger partial charge on any atom is -0.385 e. The number of aryl methyl sites for hydroxylation is 1. The molecular weight excluding hydrogens is 220 g/mol. The first kappa shape index (κ1) is 11.9. The molecule has 1 aromatic rings. The van der Waals surface area contributed by atoms with Crippen molar-refractivity contribution < 1.29 is 0 Å². The van der Waals surface area contributed by atoms with Crippen LogP contribution in [0.25, 0.3) is 0 Å². The Morgan fingerprint density at radius 2 is 2.11 bits per heavy atom. The van der Waals surface area contributed by atoms with E-state index in [1.54, 1.807) is 0 Å². The molecule has 2 nitrogen and oxygen atoms in total. The summed E-state index contributed by atoms with van der Waals surface area (Å²) in [5.74, 6) is 0.829. The van der Waals surface area contributed by atoms with Crippen molar-refractivity contribution in [2.75, 3.05) is 23.3 Å². The highest BCUT2D eigenvalue weighted by molar-refractivity contribution is 5.62. The van der Waals surface area contributed by atoms with Gasteiger partial charge in [0, 0.05) is 30.5 Å². The van der Waals surface area contributed by atoms with Crippen LogP contribution in [-0.4, -0.2) is 19.1 Å². The van der Waals surface area contributed by atoms with Crippen LogP contribution in [0.5, 0.6) is 0 Å². The molecule has 98 valence electrons. The van der Waals surface area contributed by atoms with Crippen molar-refractivity contribution in [1.82, 2.24) is 0 Å². The van der Waals surface area contributed by atoms with Gasteiger partial charge in [-0.3, -0.25) is 0 Å². The molecule has 1 aromatic carbocycles. The predicted molar refractivity (Wildman–Crippen MR) is 78.5 cm³/mol. The minimum absolute atomic E-state index is 0.691. The van der Waals surface area contributed by atoms with E-state index in [-0.39, 0.29) is 0 Å². The average Bonchev–Trinajstić information content (AvgIpc) is 2.41. The number of hydrogen-bond acceptors (Lipinski definition) is 2. The van der Waals surface area contributed by atoms with E-state index in [4.69, 9.17) is 0 Å². The van der Waals surface area contributed by atoms with Gasteiger partial charge in [-0.25, -0.2) is 0 Å². The van der Waals surface area contributed by atoms with Gasteiger partial charge in [0.15, 0.2) is 0 Å². The Morgan fingerprint density at radius 1 is 1.22 bits per heavy atom. The van der Waals surface area contributed by atoms with Gasteiger partial charge >= 0.3 is 0 Å². The molecular formula is C16H24N2. The number of nitrogens with one attached hydrogen (secondary N) is 1. The van der Waals surface area contributed by atoms with E-state index in [1.165, 1.54) is 49.2 Å². The average molecular weight is 244 g/mol. The zero-order valence-electron chi connectivity index (χ0n) is 11.6. The Morgan fingerprint density at radius 3 is 3.00 bits per heavy atom. The summed E-state index contributed by atoms with van der Waals surface area (Å²) in [6, 6.07) is 7.67. The summed E-state index contributed by atoms with van der Waals surface area (Å²) < 4.78 is 0. The number of benzene rings is 1. The van der Waals surface area contributed by atoms with Crippen molar-refractivity contribution in [2.45, 2.75) is 45.6 Å². The van der Waals surface area contributed by atoms with E-state index in [1.807, 2.05) is 0 Å². The first-order valence-electron chi connectivity index (χ1n) is 7.37. The second-order valence-electron chi connectivity index (χ2n) is 6.06. The number of rotatable bonds is 1. The second kappa shape index (κ2) is 4.83. The first-order valence-corrected chi connectivity index (χ1v) is 7.37. The summed E-state index contributed by atoms with van der Waals surface area (Å²) in [4.78, 5) is 2.60. The van der Waals surface area contributed by atoms with Gasteiger partial charge in [0.1, 0.15) is 0 Å². The fourth-order valence-corrected chi connectivity index (χ4v) is 3.29. The van der Waals surface area contributed by atoms with Crippen molar-refractivity contribution in [1.29, 1.82) is 0 Å². The quantitative estimate of drug-likeness (QED) is 0.811. The van der Waals surface area contributed by atoms with E-state index in [9.17, 15) is 0 Å². The maximum atomic E-state index is 3.49. The van der Waals surface area contributed by atoms with Crippen molar-refractivity contribution in [3.05, 3.63) is 23.8 Å². The van der Waals surface area contributed by atoms with Crippen LogP contribution in [0.2, 0.25) is 0 Å². The Labute approximate surface area is 110 Å². The molecule has 0 spiro atoms. The van der Waals surface area contributed by atoms with Crippen LogP contribution in [0.1, 0.15) is 38.7 Å². The first-order chi connectivity index (χ1) is 8.74. The van der Waals surface area contributed by atoms with Gasteiger partial charge in [-0.15, -0.1) is 0 Å². The summed E-state index contributed by atoms with van der Waals surface area (Å²) in [7, 11) is 0. The Balaban J connectivity index is 1.86. The molecule has 0 radical (unpaired) electrons. The molecule has 0 aromatic heterocycles. The number of piperidine rings is 1. The standard InChI is InChI=1S/C16H24N2/c1-12-5-6-13(2)18(11-12)15-7-8-16-14(10-15)4-3-9-17-16/h7-8,10,12-13,17H,3-6,9,11H2,1-2H3. The molecule has 3 rings (SSSR count). The topological polar surface area (TPSA) is 15.3 Å². The van der Waals surface area contributed by atoms with E-state index >= 15 is 0 Å². The number of fused-ring (bicyclic) bond motifs is 1. The van der Waals surface area contributed by atoms with Crippen LogP contribution < -0.4 is 10.2 Å². The fourth-order valence-electron chi connectivity index (χ4n) is 3.29. The van der Waals surface area contributed by atoms with Gasteiger partial charge in [0.05, 0.1) is 0 Å². The van der Waals surface area contributed by atoms with Crippen LogP contribution in [0.15, 0.2) is 18.2 Å². The fraction of sp³-hybridized carbons (Fsp3) is 0.625. The molecule has 2 atom stereocenters. The van der Waals surface area contributed by atoms with Crippen molar-refractivity contribution >= 4 is 11.4 Å². The molecule has 2 heterocycles. The second-order valence-corrected chi connectivity index (χ2v) is 6.06. The lowest BCUT2D eigenvalue weighted by Crippen LogP contribution is -2.41. The molecule has 0 bridgehead atoms. The maximum Gasteiger partial charge on any atom is 0.0374 e. The third-order valence-electron chi connectivity index (χ3n) is 4.48. The minimum atomic E-state index is 0.691. The number of anilines is 2. The zero-order chi connectivity index (χ0) is 12.5. The lowest BCUT2D eigenvalue weighted by Gasteiger charge is -2.39. The highest BCUT2D eigenvalue weighted by Crippen LogP contribution is 2.31. The van der Waals surface area contributed by atoms with Gasteiger partial charge in [0.2, 0.25) is 0 Å². The maximum absolute atomic E-state index is 3.49. The summed E-state index contributed by atoms with van der Waals surface area (Å²) in [6.45, 7) is 7.08. The van der Waals surface area contributed by atoms with Crippen molar-refractivity contribution in [3.8, 4) is 0 Å². The third-order valence-corrected chi connectivity index (χ3v) is 4.48. The molecule has 1 N–H and O–H groups in total. The largest absolute Gasteiger partial charge is 0.385 e. The lowest BCUT2D eigenvalue weighted by molar-refractivity contribution is 0.390. The third kappa shape index (κ3) is 2.21. The molecule has 18 heavy (non-hydrogen) atoms. The van der Waals surface area contributed by atoms with Crippen molar-refractivity contribution in [2.24, 2.45) is 5.92 Å². The van der Waals surface area contributed by atoms with Gasteiger partial charge in [-0.1, -0.05) is 6.92 Å².